The number of epoxide rings is 2. The number of carbonyl (C=O) groups is 3. The molecule has 5 nitrogen and oxygen atoms in total. The molecule has 4 atom stereocenters. The van der Waals surface area contributed by atoms with Crippen LogP contribution in [0.15, 0.2) is 48.6 Å². The molecule has 0 amide bonds. The summed E-state index contributed by atoms with van der Waals surface area (Å²) in [6.45, 7) is 11.8. The van der Waals surface area contributed by atoms with Gasteiger partial charge in [0.15, 0.2) is 0 Å². The lowest BCUT2D eigenvalue weighted by Gasteiger charge is -1.99. The molecule has 2 heterocycles. The van der Waals surface area contributed by atoms with E-state index in [1.807, 2.05) is 0 Å². The van der Waals surface area contributed by atoms with Gasteiger partial charge in [0.1, 0.15) is 17.3 Å². The zero-order chi connectivity index (χ0) is 45.6. The standard InChI is InChI=1S/C19H34O3.2C19H34O/c1-3-4-8-12-16-18(21-16)14-19-17(22-19)13-10-7-5-6-9-11-15(2)20;2*1-3-4-5-6-7-8-9-10-11-12-13-14-15-16-17-18-19(2)20/h16-19H,3-14H2,1-2H3;2*7-8,10-11H,3-6,9,12-18H2,1-2H3/b;2*8-7-,11-10-. The minimum absolute atomic E-state index is 0.324. The molecule has 0 aromatic carbocycles. The van der Waals surface area contributed by atoms with Crippen LogP contribution in [-0.2, 0) is 23.9 Å². The summed E-state index contributed by atoms with van der Waals surface area (Å²) in [5.41, 5.74) is 0. The van der Waals surface area contributed by atoms with E-state index in [-0.39, 0.29) is 0 Å². The molecular formula is C57H102O5. The minimum atomic E-state index is 0.324. The molecule has 0 bridgehead atoms. The van der Waals surface area contributed by atoms with Crippen LogP contribution < -0.4 is 0 Å². The van der Waals surface area contributed by atoms with Gasteiger partial charge in [0.05, 0.1) is 24.4 Å². The third kappa shape index (κ3) is 47.4. The molecule has 2 saturated heterocycles. The maximum atomic E-state index is 10.8. The molecule has 0 spiro atoms. The average Bonchev–Trinajstić information content (AvgIpc) is 4.18. The minimum Gasteiger partial charge on any atom is -0.369 e. The Bertz CT molecular complexity index is 1080. The molecule has 62 heavy (non-hydrogen) atoms. The smallest absolute Gasteiger partial charge is 0.129 e. The van der Waals surface area contributed by atoms with E-state index in [1.54, 1.807) is 20.8 Å². The largest absolute Gasteiger partial charge is 0.369 e. The molecule has 0 radical (unpaired) electrons. The van der Waals surface area contributed by atoms with Crippen molar-refractivity contribution in [3.63, 3.8) is 0 Å². The molecule has 0 aromatic rings. The van der Waals surface area contributed by atoms with Crippen molar-refractivity contribution in [2.75, 3.05) is 0 Å². The molecule has 0 N–H and O–H groups in total. The van der Waals surface area contributed by atoms with Gasteiger partial charge in [-0.05, 0) is 117 Å². The van der Waals surface area contributed by atoms with Gasteiger partial charge in [-0.1, -0.05) is 179 Å². The first-order valence-corrected chi connectivity index (χ1v) is 26.6. The normalized spacial score (nSPS) is 18.0. The fraction of sp³-hybridized carbons (Fsp3) is 0.807. The van der Waals surface area contributed by atoms with Gasteiger partial charge in [0.25, 0.3) is 0 Å². The first-order valence-electron chi connectivity index (χ1n) is 26.6. The van der Waals surface area contributed by atoms with E-state index in [1.165, 1.54) is 173 Å². The number of unbranched alkanes of at least 4 members (excludes halogenated alkanes) is 22. The van der Waals surface area contributed by atoms with Gasteiger partial charge in [-0.25, -0.2) is 0 Å². The van der Waals surface area contributed by atoms with Gasteiger partial charge >= 0.3 is 0 Å². The molecule has 2 aliphatic heterocycles. The highest BCUT2D eigenvalue weighted by molar-refractivity contribution is 5.75. The fourth-order valence-electron chi connectivity index (χ4n) is 7.73. The van der Waals surface area contributed by atoms with Crippen LogP contribution in [0, 0.1) is 0 Å². The van der Waals surface area contributed by atoms with Crippen LogP contribution in [-0.4, -0.2) is 41.8 Å². The van der Waals surface area contributed by atoms with E-state index in [0.717, 1.165) is 57.8 Å². The number of hydrogen-bond acceptors (Lipinski definition) is 5. The van der Waals surface area contributed by atoms with E-state index in [2.05, 4.69) is 69.4 Å². The molecule has 0 aliphatic carbocycles. The molecule has 4 unspecified atom stereocenters. The van der Waals surface area contributed by atoms with E-state index in [0.29, 0.717) is 41.8 Å². The molecule has 0 saturated carbocycles. The first-order chi connectivity index (χ1) is 30.2. The second-order valence-corrected chi connectivity index (χ2v) is 18.5. The van der Waals surface area contributed by atoms with Crippen LogP contribution in [0.4, 0.5) is 0 Å². The van der Waals surface area contributed by atoms with Crippen molar-refractivity contribution in [3.8, 4) is 0 Å². The van der Waals surface area contributed by atoms with Crippen molar-refractivity contribution in [1.82, 2.24) is 0 Å². The van der Waals surface area contributed by atoms with Crippen LogP contribution in [0.5, 0.6) is 0 Å². The highest BCUT2D eigenvalue weighted by Crippen LogP contribution is 2.39. The van der Waals surface area contributed by atoms with E-state index >= 15 is 0 Å². The molecular weight excluding hydrogens is 765 g/mol. The topological polar surface area (TPSA) is 76.3 Å². The van der Waals surface area contributed by atoms with E-state index in [4.69, 9.17) is 9.47 Å². The number of hydrogen-bond donors (Lipinski definition) is 0. The molecule has 5 heteroatoms. The highest BCUT2D eigenvalue weighted by atomic mass is 16.6. The van der Waals surface area contributed by atoms with Crippen LogP contribution in [0.1, 0.15) is 273 Å². The van der Waals surface area contributed by atoms with Crippen LogP contribution in [0.2, 0.25) is 0 Å². The van der Waals surface area contributed by atoms with Crippen molar-refractivity contribution < 1.29 is 23.9 Å². The monoisotopic (exact) mass is 867 g/mol. The van der Waals surface area contributed by atoms with Crippen molar-refractivity contribution in [2.24, 2.45) is 0 Å². The van der Waals surface area contributed by atoms with Gasteiger partial charge in [-0.3, -0.25) is 0 Å². The predicted molar refractivity (Wildman–Crippen MR) is 269 cm³/mol. The first kappa shape index (κ1) is 59.9. The van der Waals surface area contributed by atoms with Gasteiger partial charge in [0.2, 0.25) is 0 Å². The lowest BCUT2D eigenvalue weighted by Crippen LogP contribution is -2.02. The average molecular weight is 867 g/mol. The van der Waals surface area contributed by atoms with Gasteiger partial charge in [0, 0.05) is 25.7 Å². The van der Waals surface area contributed by atoms with Crippen molar-refractivity contribution in [3.05, 3.63) is 48.6 Å². The zero-order valence-electron chi connectivity index (χ0n) is 41.9. The van der Waals surface area contributed by atoms with Crippen LogP contribution in [0.25, 0.3) is 0 Å². The third-order valence-corrected chi connectivity index (χ3v) is 11.9. The third-order valence-electron chi connectivity index (χ3n) is 11.9. The summed E-state index contributed by atoms with van der Waals surface area (Å²) >= 11 is 0. The quantitative estimate of drug-likeness (QED) is 0.0347. The second-order valence-electron chi connectivity index (χ2n) is 18.5. The summed E-state index contributed by atoms with van der Waals surface area (Å²) < 4.78 is 11.5. The molecule has 2 rings (SSSR count). The number of ketones is 3. The SMILES string of the molecule is CCCCC/C=C\C/C=C\CCCCCCCC(C)=O.CCCCC/C=C\C/C=C\CCCCCCCC(C)=O.CCCCCC1OC1CC1OC1CCCCCCCC(C)=O. The van der Waals surface area contributed by atoms with Gasteiger partial charge in [-0.15, -0.1) is 0 Å². The van der Waals surface area contributed by atoms with Crippen molar-refractivity contribution in [2.45, 2.75) is 297 Å². The fourth-order valence-corrected chi connectivity index (χ4v) is 7.73. The van der Waals surface area contributed by atoms with Crippen LogP contribution in [0.3, 0.4) is 0 Å². The Morgan fingerprint density at radius 2 is 0.613 bits per heavy atom. The Morgan fingerprint density at radius 3 is 0.952 bits per heavy atom. The number of Topliss-reactive ketones (excluding diaryl/α,β-unsaturated/α-hetero) is 3. The summed E-state index contributed by atoms with van der Waals surface area (Å²) in [6.07, 6.45) is 63.7. The Morgan fingerprint density at radius 1 is 0.339 bits per heavy atom. The summed E-state index contributed by atoms with van der Waals surface area (Å²) in [6, 6.07) is 0. The van der Waals surface area contributed by atoms with Gasteiger partial charge in [-0.2, -0.15) is 0 Å². The maximum Gasteiger partial charge on any atom is 0.129 e. The van der Waals surface area contributed by atoms with Gasteiger partial charge < -0.3 is 23.9 Å². The summed E-state index contributed by atoms with van der Waals surface area (Å²) in [4.78, 5) is 32.4. The predicted octanol–water partition coefficient (Wildman–Crippen LogP) is 17.6. The Kier molecular flexibility index (Phi) is 45.3. The lowest BCUT2D eigenvalue weighted by molar-refractivity contribution is -0.117. The molecule has 2 fully saturated rings. The second kappa shape index (κ2) is 46.9. The number of ether oxygens (including phenoxy) is 2. The number of carbonyl (C=O) groups excluding carboxylic acids is 3. The zero-order valence-corrected chi connectivity index (χ0v) is 41.9. The Balaban J connectivity index is 0.000000903. The summed E-state index contributed by atoms with van der Waals surface area (Å²) in [5, 5.41) is 0. The number of allylic oxidation sites excluding steroid dienone is 8. The Labute approximate surface area is 385 Å². The van der Waals surface area contributed by atoms with Crippen LogP contribution >= 0.6 is 0 Å². The summed E-state index contributed by atoms with van der Waals surface area (Å²) in [5.74, 6) is 0.982. The van der Waals surface area contributed by atoms with E-state index in [9.17, 15) is 14.4 Å². The highest BCUT2D eigenvalue weighted by Gasteiger charge is 2.47. The summed E-state index contributed by atoms with van der Waals surface area (Å²) in [7, 11) is 0. The number of rotatable bonds is 42. The maximum absolute atomic E-state index is 10.8. The lowest BCUT2D eigenvalue weighted by atomic mass is 10.0. The van der Waals surface area contributed by atoms with Crippen molar-refractivity contribution in [1.29, 1.82) is 0 Å². The molecule has 360 valence electrons. The Hall–Kier alpha value is -2.11. The molecule has 0 aromatic heterocycles. The van der Waals surface area contributed by atoms with E-state index < -0.39 is 0 Å². The van der Waals surface area contributed by atoms with Crippen molar-refractivity contribution >= 4 is 17.3 Å². The molecule has 2 aliphatic rings.